The predicted molar refractivity (Wildman–Crippen MR) is 264 cm³/mol. The molecule has 40 nitrogen and oxygen atoms in total. The van der Waals surface area contributed by atoms with E-state index in [-0.39, 0.29) is 0 Å². The Morgan fingerprint density at radius 1 is 0.640 bits per heavy atom. The maximum absolute atomic E-state index is 13.1. The highest BCUT2D eigenvalue weighted by Crippen LogP contribution is 2.39. The van der Waals surface area contributed by atoms with Crippen molar-refractivity contribution < 1.29 is 181 Å². The molecular formula is C45H77N3O37S. The molecule has 41 heteroatoms. The van der Waals surface area contributed by atoms with E-state index in [0.29, 0.717) is 0 Å². The van der Waals surface area contributed by atoms with Gasteiger partial charge in [0.1, 0.15) is 135 Å². The number of ether oxygens (including phenoxy) is 10. The van der Waals surface area contributed by atoms with E-state index in [2.05, 4.69) is 14.8 Å². The number of aliphatic hydroxyl groups is 18. The van der Waals surface area contributed by atoms with Crippen LogP contribution in [0.15, 0.2) is 0 Å². The van der Waals surface area contributed by atoms with Crippen LogP contribution >= 0.6 is 0 Å². The molecule has 0 aliphatic carbocycles. The predicted octanol–water partition coefficient (Wildman–Crippen LogP) is -15.0. The van der Waals surface area contributed by atoms with E-state index in [0.717, 1.165) is 13.8 Å². The van der Waals surface area contributed by atoms with Gasteiger partial charge in [-0.25, -0.2) is 8.98 Å². The smallest absolute Gasteiger partial charge is 0.397 e. The number of carbonyl (C=O) groups is 4. The number of amides is 3. The Kier molecular flexibility index (Phi) is 26.9. The van der Waals surface area contributed by atoms with Crippen LogP contribution in [0.25, 0.3) is 0 Å². The Bertz CT molecular complexity index is 2300. The minimum Gasteiger partial charge on any atom is -0.477 e. The zero-order valence-corrected chi connectivity index (χ0v) is 46.5. The fourth-order valence-corrected chi connectivity index (χ4v) is 10.3. The molecule has 500 valence electrons. The summed E-state index contributed by atoms with van der Waals surface area (Å²) >= 11 is 0. The summed E-state index contributed by atoms with van der Waals surface area (Å²) in [5.74, 6) is -8.66. The molecule has 0 aromatic carbocycles. The van der Waals surface area contributed by atoms with E-state index < -0.39 is 270 Å². The number of carboxylic acids is 1. The lowest BCUT2D eigenvalue weighted by molar-refractivity contribution is -0.383. The van der Waals surface area contributed by atoms with Crippen LogP contribution in [0, 0.1) is 0 Å². The summed E-state index contributed by atoms with van der Waals surface area (Å²) in [6.07, 6.45) is -56.9. The summed E-state index contributed by atoms with van der Waals surface area (Å²) < 4.78 is 94.6. The Balaban J connectivity index is 1.45. The summed E-state index contributed by atoms with van der Waals surface area (Å²) in [7, 11) is -5.47. The number of hydrogen-bond donors (Lipinski definition) is 23. The fourth-order valence-electron chi connectivity index (χ4n) is 9.99. The first kappa shape index (κ1) is 73.4. The van der Waals surface area contributed by atoms with Gasteiger partial charge in [0.25, 0.3) is 5.79 Å². The molecule has 5 rings (SSSR count). The quantitative estimate of drug-likeness (QED) is 0.0324. The molecule has 30 atom stereocenters. The Morgan fingerprint density at radius 2 is 1.23 bits per heavy atom. The van der Waals surface area contributed by atoms with E-state index in [4.69, 9.17) is 47.4 Å². The third-order valence-electron chi connectivity index (χ3n) is 14.5. The van der Waals surface area contributed by atoms with Gasteiger partial charge in [-0.3, -0.25) is 18.9 Å². The number of carbonyl (C=O) groups excluding carboxylic acids is 3. The fraction of sp³-hybridized carbons (Fsp3) is 0.911. The molecule has 5 aliphatic rings. The lowest BCUT2D eigenvalue weighted by atomic mass is 9.88. The maximum Gasteiger partial charge on any atom is 0.397 e. The molecule has 0 bridgehead atoms. The van der Waals surface area contributed by atoms with Gasteiger partial charge in [-0.2, -0.15) is 8.42 Å². The SMILES string of the molecule is CC(=O)N[C@H]1[C@H](OC[C@@H](O)[C@H](O)[C@H](O[C@H]2O[C@H](CO)[C@H](O)[C@H](O)[C@H]2O[C@@H]2O[C@@H](C)[C@@H](O)[C@@H](O)[C@@H]2O)[C@H](CO)NC(C)=O)O[C@H](COS(=O)(=O)O)[C@@H](O[C@@H]2O[C@H](CO)[C@H](O)[C@H](O[C@]3(C(=O)O)C[C@H](O)[C@@H](NC(=O)CO)[C@H]([C@H](O)[C@H](O)CO)O3)[C@H]2O)[C@@H]1O. The van der Waals surface area contributed by atoms with Crippen LogP contribution in [0.1, 0.15) is 27.2 Å². The van der Waals surface area contributed by atoms with Gasteiger partial charge < -0.3 is 160 Å². The van der Waals surface area contributed by atoms with E-state index in [9.17, 15) is 129 Å². The highest BCUT2D eigenvalue weighted by Gasteiger charge is 2.61. The second-order valence-electron chi connectivity index (χ2n) is 20.7. The summed E-state index contributed by atoms with van der Waals surface area (Å²) in [5, 5.41) is 211. The molecule has 5 aliphatic heterocycles. The Hall–Kier alpha value is -3.37. The molecule has 0 radical (unpaired) electrons. The van der Waals surface area contributed by atoms with E-state index in [1.54, 1.807) is 0 Å². The standard InChI is InChI=1S/C45H77N3O37S/c1-12-25(60)31(66)33(68)41(77-12)83-39-32(67)28(63)19(7-51)79-43(39)81-35(15(5-49)46-13(2)54)27(62)18(58)10-75-40-24(47-14(3)55)30(65)36(21(80-40)11-76-86(72,73)74)82-42-34(69)38(29(64)20(8-52)78-42)85-45(44(70)71)4-16(56)23(48-22(59)9-53)37(84-45)26(61)17(57)6-50/h12,15-21,23-43,49-53,56-58,60-69H,4-11H2,1-3H3,(H,46,54)(H,47,55)(H,48,59)(H,70,71)(H,72,73,74)/t12-,15-,16-,17+,18+,19+,20+,21+,23+,24+,25+,26+,27-,28-,29-,30+,31+,32-,33-,34+,35+,36+,37+,38-,39+,40+,41-,42-,43+,45-/m0/s1. The summed E-state index contributed by atoms with van der Waals surface area (Å²) in [6, 6.07) is -5.66. The molecule has 0 spiro atoms. The minimum atomic E-state index is -5.47. The number of aliphatic carboxylic acids is 1. The first-order chi connectivity index (χ1) is 40.2. The van der Waals surface area contributed by atoms with Crippen molar-refractivity contribution in [3.05, 3.63) is 0 Å². The Morgan fingerprint density at radius 3 is 1.79 bits per heavy atom. The van der Waals surface area contributed by atoms with Crippen LogP contribution < -0.4 is 16.0 Å². The summed E-state index contributed by atoms with van der Waals surface area (Å²) in [6.45, 7) is -5.43. The molecule has 5 fully saturated rings. The van der Waals surface area contributed by atoms with Gasteiger partial charge in [0, 0.05) is 20.3 Å². The van der Waals surface area contributed by atoms with Gasteiger partial charge in [-0.15, -0.1) is 0 Å². The average molecular weight is 1280 g/mol. The molecule has 0 saturated carbocycles. The van der Waals surface area contributed by atoms with E-state index in [1.165, 1.54) is 6.92 Å². The van der Waals surface area contributed by atoms with Crippen molar-refractivity contribution in [1.29, 1.82) is 0 Å². The first-order valence-electron chi connectivity index (χ1n) is 26.3. The van der Waals surface area contributed by atoms with Crippen molar-refractivity contribution in [2.75, 3.05) is 46.2 Å². The van der Waals surface area contributed by atoms with Gasteiger partial charge in [0.2, 0.25) is 17.7 Å². The summed E-state index contributed by atoms with van der Waals surface area (Å²) in [5.41, 5.74) is 0. The molecule has 3 amide bonds. The number of aliphatic hydroxyl groups excluding tert-OH is 18. The molecule has 0 unspecified atom stereocenters. The second-order valence-corrected chi connectivity index (χ2v) is 21.8. The van der Waals surface area contributed by atoms with Crippen molar-refractivity contribution in [2.24, 2.45) is 0 Å². The van der Waals surface area contributed by atoms with Gasteiger partial charge in [0.15, 0.2) is 25.2 Å². The zero-order valence-electron chi connectivity index (χ0n) is 45.7. The molecule has 5 saturated heterocycles. The lowest BCUT2D eigenvalue weighted by Crippen LogP contribution is -2.71. The zero-order chi connectivity index (χ0) is 64.6. The van der Waals surface area contributed by atoms with Crippen LogP contribution in [0.3, 0.4) is 0 Å². The second kappa shape index (κ2) is 31.6. The largest absolute Gasteiger partial charge is 0.477 e. The highest BCUT2D eigenvalue weighted by atomic mass is 32.3. The minimum absolute atomic E-state index is 0.877. The van der Waals surface area contributed by atoms with Crippen molar-refractivity contribution in [3.8, 4) is 0 Å². The van der Waals surface area contributed by atoms with Crippen LogP contribution in [0.4, 0.5) is 0 Å². The van der Waals surface area contributed by atoms with Crippen molar-refractivity contribution in [1.82, 2.24) is 16.0 Å². The third-order valence-corrected chi connectivity index (χ3v) is 14.9. The molecule has 23 N–H and O–H groups in total. The first-order valence-corrected chi connectivity index (χ1v) is 27.7. The maximum atomic E-state index is 13.1. The summed E-state index contributed by atoms with van der Waals surface area (Å²) in [4.78, 5) is 50.3. The normalized spacial score (nSPS) is 41.0. The van der Waals surface area contributed by atoms with Crippen molar-refractivity contribution >= 4 is 34.1 Å². The number of rotatable bonds is 28. The van der Waals surface area contributed by atoms with E-state index in [1.807, 2.05) is 5.32 Å². The average Bonchev–Trinajstić information content (AvgIpc) is 0.869. The van der Waals surface area contributed by atoms with Crippen molar-refractivity contribution in [2.45, 2.75) is 211 Å². The molecule has 5 heterocycles. The number of nitrogens with one attached hydrogen (secondary N) is 3. The number of carboxylic acid groups (broad SMARTS) is 1. The van der Waals surface area contributed by atoms with Crippen LogP contribution in [-0.2, 0) is 81.1 Å². The lowest BCUT2D eigenvalue weighted by Gasteiger charge is -2.51. The van der Waals surface area contributed by atoms with Crippen LogP contribution in [-0.4, -0.2) is 363 Å². The molecule has 86 heavy (non-hydrogen) atoms. The van der Waals surface area contributed by atoms with Crippen LogP contribution in [0.5, 0.6) is 0 Å². The number of hydrogen-bond acceptors (Lipinski definition) is 35. The van der Waals surface area contributed by atoms with Gasteiger partial charge in [-0.1, -0.05) is 0 Å². The van der Waals surface area contributed by atoms with Crippen molar-refractivity contribution in [3.63, 3.8) is 0 Å². The van der Waals surface area contributed by atoms with Gasteiger partial charge in [0.05, 0.1) is 63.9 Å². The monoisotopic (exact) mass is 1280 g/mol. The van der Waals surface area contributed by atoms with Crippen LogP contribution in [0.2, 0.25) is 0 Å². The highest BCUT2D eigenvalue weighted by molar-refractivity contribution is 7.80. The van der Waals surface area contributed by atoms with E-state index >= 15 is 0 Å². The third kappa shape index (κ3) is 17.6. The molecule has 0 aromatic heterocycles. The molecular weight excluding hydrogens is 1210 g/mol. The van der Waals surface area contributed by atoms with Gasteiger partial charge in [-0.05, 0) is 6.92 Å². The van der Waals surface area contributed by atoms with Gasteiger partial charge >= 0.3 is 16.4 Å². The Labute approximate surface area is 486 Å². The topological polar surface area (TPSA) is 645 Å². The molecule has 0 aromatic rings.